The van der Waals surface area contributed by atoms with Crippen LogP contribution in [0.15, 0.2) is 30.4 Å². The van der Waals surface area contributed by atoms with Gasteiger partial charge in [0, 0.05) is 6.54 Å². The van der Waals surface area contributed by atoms with E-state index in [2.05, 4.69) is 29.8 Å². The molecule has 182 valence electrons. The van der Waals surface area contributed by atoms with Gasteiger partial charge in [0.1, 0.15) is 20.0 Å². The van der Waals surface area contributed by atoms with E-state index < -0.39 is 15.9 Å². The number of carbonyl (C=O) groups is 2. The Balaban J connectivity index is 0.000000487. The molecule has 3 rings (SSSR count). The van der Waals surface area contributed by atoms with Crippen LogP contribution in [-0.4, -0.2) is 70.0 Å². The van der Waals surface area contributed by atoms with Crippen molar-refractivity contribution in [1.29, 1.82) is 0 Å². The molecule has 1 fully saturated rings. The van der Waals surface area contributed by atoms with E-state index in [-0.39, 0.29) is 18.5 Å². The lowest BCUT2D eigenvalue weighted by atomic mass is 10.2. The number of nitrogens with one attached hydrogen (secondary N) is 2. The van der Waals surface area contributed by atoms with Crippen molar-refractivity contribution in [2.24, 2.45) is 0 Å². The normalized spacial score (nSPS) is 14.2. The summed E-state index contributed by atoms with van der Waals surface area (Å²) in [6.45, 7) is 8.94. The second kappa shape index (κ2) is 16.5. The lowest BCUT2D eigenvalue weighted by Crippen LogP contribution is -2.44. The summed E-state index contributed by atoms with van der Waals surface area (Å²) in [5.41, 5.74) is 2.62. The summed E-state index contributed by atoms with van der Waals surface area (Å²) in [7, 11) is -2.38. The molecule has 1 aromatic rings. The molecule has 1 atom stereocenters. The Bertz CT molecular complexity index is 810. The molecule has 9 nitrogen and oxygen atoms in total. The van der Waals surface area contributed by atoms with Crippen LogP contribution in [-0.2, 0) is 19.7 Å². The van der Waals surface area contributed by atoms with Crippen molar-refractivity contribution >= 4 is 35.4 Å². The summed E-state index contributed by atoms with van der Waals surface area (Å²) in [6, 6.07) is 5.58. The SMILES string of the molecule is C=C1CC1.C=O.CNC(CCS)C(=O)NCCS(=O)(=O)O.Cc1ccc2c(c1)OCCO2. The second-order valence-electron chi connectivity index (χ2n) is 6.83. The Hall–Kier alpha value is -2.08. The molecule has 1 aliphatic heterocycles. The summed E-state index contributed by atoms with van der Waals surface area (Å²) >= 11 is 3.99. The first kappa shape index (κ1) is 29.9. The van der Waals surface area contributed by atoms with Crippen LogP contribution in [0.1, 0.15) is 24.8 Å². The third-order valence-corrected chi connectivity index (χ3v) is 5.02. The number of ether oxygens (including phenoxy) is 2. The number of allylic oxidation sites excluding steroid dienone is 1. The van der Waals surface area contributed by atoms with Crippen molar-refractivity contribution < 1.29 is 32.0 Å². The Morgan fingerprint density at radius 1 is 1.22 bits per heavy atom. The zero-order valence-corrected chi connectivity index (χ0v) is 20.3. The number of hydrogen-bond donors (Lipinski definition) is 4. The van der Waals surface area contributed by atoms with Crippen molar-refractivity contribution in [3.8, 4) is 11.5 Å². The molecule has 11 heteroatoms. The van der Waals surface area contributed by atoms with Gasteiger partial charge in [-0.2, -0.15) is 21.0 Å². The van der Waals surface area contributed by atoms with Gasteiger partial charge in [-0.1, -0.05) is 18.2 Å². The monoisotopic (exact) mass is 490 g/mol. The van der Waals surface area contributed by atoms with Crippen LogP contribution in [0, 0.1) is 6.92 Å². The first-order chi connectivity index (χ1) is 15.2. The van der Waals surface area contributed by atoms with E-state index in [0.717, 1.165) is 11.5 Å². The van der Waals surface area contributed by atoms with E-state index in [9.17, 15) is 13.2 Å². The van der Waals surface area contributed by atoms with Gasteiger partial charge in [-0.25, -0.2) is 0 Å². The molecule has 1 saturated carbocycles. The molecule has 1 aromatic carbocycles. The number of fused-ring (bicyclic) bond motifs is 1. The quantitative estimate of drug-likeness (QED) is 0.259. The average Bonchev–Trinajstić information content (AvgIpc) is 3.55. The van der Waals surface area contributed by atoms with E-state index in [0.29, 0.717) is 25.4 Å². The maximum absolute atomic E-state index is 11.4. The topological polar surface area (TPSA) is 131 Å². The van der Waals surface area contributed by atoms with E-state index in [4.69, 9.17) is 18.8 Å². The minimum absolute atomic E-state index is 0.0948. The Kier molecular flexibility index (Phi) is 15.5. The summed E-state index contributed by atoms with van der Waals surface area (Å²) in [6.07, 6.45) is 3.14. The Morgan fingerprint density at radius 3 is 2.25 bits per heavy atom. The molecule has 1 unspecified atom stereocenters. The van der Waals surface area contributed by atoms with E-state index >= 15 is 0 Å². The van der Waals surface area contributed by atoms with Crippen molar-refractivity contribution in [2.75, 3.05) is 38.3 Å². The molecule has 1 heterocycles. The number of rotatable bonds is 7. The highest BCUT2D eigenvalue weighted by molar-refractivity contribution is 7.85. The molecular formula is C21H34N2O7S2. The van der Waals surface area contributed by atoms with E-state index in [1.165, 1.54) is 24.0 Å². The summed E-state index contributed by atoms with van der Waals surface area (Å²) in [5, 5.41) is 5.18. The van der Waals surface area contributed by atoms with Gasteiger partial charge in [0.2, 0.25) is 5.91 Å². The smallest absolute Gasteiger partial charge is 0.266 e. The minimum atomic E-state index is -4.01. The van der Waals surface area contributed by atoms with Gasteiger partial charge < -0.3 is 24.9 Å². The van der Waals surface area contributed by atoms with Gasteiger partial charge in [-0.15, -0.1) is 0 Å². The third-order valence-electron chi connectivity index (χ3n) is 4.04. The standard InChI is InChI=1S/C9H10O2.C7H16N2O4S2.C4H6.CH2O/c1-7-2-3-8-9(6-7)11-5-4-10-8;1-8-6(2-4-14)7(10)9-3-5-15(11,12)13;1-4-2-3-4;1-2/h2-3,6H,4-5H2,1H3;6,8,14H,2-5H2,1H3,(H,9,10)(H,11,12,13);1-3H2;1H2. The lowest BCUT2D eigenvalue weighted by molar-refractivity contribution is -0.122. The van der Waals surface area contributed by atoms with Crippen LogP contribution in [0.3, 0.4) is 0 Å². The fourth-order valence-corrected chi connectivity index (χ4v) is 2.82. The first-order valence-corrected chi connectivity index (χ1v) is 12.2. The predicted molar refractivity (Wildman–Crippen MR) is 128 cm³/mol. The number of hydrogen-bond acceptors (Lipinski definition) is 8. The third kappa shape index (κ3) is 14.8. The van der Waals surface area contributed by atoms with Crippen molar-refractivity contribution in [3.63, 3.8) is 0 Å². The van der Waals surface area contributed by atoms with Crippen LogP contribution in [0.25, 0.3) is 0 Å². The van der Waals surface area contributed by atoms with Gasteiger partial charge in [0.25, 0.3) is 10.1 Å². The molecular weight excluding hydrogens is 456 g/mol. The molecule has 1 aliphatic carbocycles. The highest BCUT2D eigenvalue weighted by Gasteiger charge is 2.15. The second-order valence-corrected chi connectivity index (χ2v) is 8.85. The van der Waals surface area contributed by atoms with Crippen molar-refractivity contribution in [3.05, 3.63) is 35.9 Å². The average molecular weight is 491 g/mol. The fraction of sp³-hybridized carbons (Fsp3) is 0.524. The fourth-order valence-electron chi connectivity index (χ4n) is 2.20. The van der Waals surface area contributed by atoms with Gasteiger partial charge in [-0.3, -0.25) is 9.35 Å². The molecule has 0 saturated heterocycles. The number of likely N-dealkylation sites (N-methyl/N-ethyl adjacent to an activating group) is 1. The Labute approximate surface area is 196 Å². The number of carbonyl (C=O) groups excluding carboxylic acids is 2. The van der Waals surface area contributed by atoms with Crippen LogP contribution >= 0.6 is 12.6 Å². The zero-order chi connectivity index (χ0) is 24.6. The molecule has 32 heavy (non-hydrogen) atoms. The van der Waals surface area contributed by atoms with Crippen LogP contribution < -0.4 is 20.1 Å². The van der Waals surface area contributed by atoms with Crippen LogP contribution in [0.2, 0.25) is 0 Å². The molecule has 2 aliphatic rings. The highest BCUT2D eigenvalue weighted by atomic mass is 32.2. The largest absolute Gasteiger partial charge is 0.486 e. The van der Waals surface area contributed by atoms with Gasteiger partial charge in [-0.05, 0) is 56.7 Å². The van der Waals surface area contributed by atoms with E-state index in [1.807, 2.05) is 31.9 Å². The van der Waals surface area contributed by atoms with Crippen molar-refractivity contribution in [1.82, 2.24) is 10.6 Å². The van der Waals surface area contributed by atoms with Gasteiger partial charge >= 0.3 is 0 Å². The number of amides is 1. The molecule has 0 radical (unpaired) electrons. The summed E-state index contributed by atoms with van der Waals surface area (Å²) in [4.78, 5) is 19.4. The zero-order valence-electron chi connectivity index (χ0n) is 18.6. The number of aryl methyl sites for hydroxylation is 1. The lowest BCUT2D eigenvalue weighted by Gasteiger charge is -2.18. The molecule has 3 N–H and O–H groups in total. The van der Waals surface area contributed by atoms with Crippen LogP contribution in [0.4, 0.5) is 0 Å². The van der Waals surface area contributed by atoms with E-state index in [1.54, 1.807) is 7.05 Å². The van der Waals surface area contributed by atoms with Gasteiger partial charge in [0.05, 0.1) is 11.8 Å². The Morgan fingerprint density at radius 2 is 1.78 bits per heavy atom. The minimum Gasteiger partial charge on any atom is -0.486 e. The summed E-state index contributed by atoms with van der Waals surface area (Å²) < 4.78 is 39.9. The number of benzene rings is 1. The van der Waals surface area contributed by atoms with Crippen LogP contribution in [0.5, 0.6) is 11.5 Å². The molecule has 1 amide bonds. The molecule has 0 aromatic heterocycles. The van der Waals surface area contributed by atoms with Gasteiger partial charge in [0.15, 0.2) is 11.5 Å². The molecule has 0 spiro atoms. The highest BCUT2D eigenvalue weighted by Crippen LogP contribution is 2.30. The van der Waals surface area contributed by atoms with Crippen molar-refractivity contribution in [2.45, 2.75) is 32.2 Å². The maximum atomic E-state index is 11.4. The molecule has 0 bridgehead atoms. The summed E-state index contributed by atoms with van der Waals surface area (Å²) in [5.74, 6) is 1.51. The maximum Gasteiger partial charge on any atom is 0.266 e. The predicted octanol–water partition coefficient (Wildman–Crippen LogP) is 1.82. The first-order valence-electron chi connectivity index (χ1n) is 9.99. The number of thiol groups is 1.